The molecule has 2 aliphatic heterocycles. The molecule has 2 saturated heterocycles. The number of methoxy groups -OCH3 is 1. The molecule has 6 atom stereocenters. The van der Waals surface area contributed by atoms with Gasteiger partial charge in [0.05, 0.1) is 25.2 Å². The molecule has 2 heterocycles. The van der Waals surface area contributed by atoms with E-state index in [9.17, 15) is 14.7 Å². The van der Waals surface area contributed by atoms with E-state index in [-0.39, 0.29) is 29.4 Å². The second kappa shape index (κ2) is 12.8. The van der Waals surface area contributed by atoms with E-state index in [4.69, 9.17) is 9.47 Å². The van der Waals surface area contributed by atoms with E-state index < -0.39 is 29.4 Å². The van der Waals surface area contributed by atoms with Crippen molar-refractivity contribution in [3.05, 3.63) is 65.2 Å². The number of nitrogens with one attached hydrogen (secondary N) is 1. The lowest BCUT2D eigenvalue weighted by Crippen LogP contribution is -2.50. The van der Waals surface area contributed by atoms with Gasteiger partial charge in [-0.2, -0.15) is 0 Å². The smallest absolute Gasteiger partial charge is 0.326 e. The maximum absolute atomic E-state index is 14.4. The lowest BCUT2D eigenvalue weighted by atomic mass is 9.72. The van der Waals surface area contributed by atoms with Crippen molar-refractivity contribution in [1.29, 1.82) is 0 Å². The number of rotatable bonds is 8. The standard InChI is InChI=1S/C35H50N2O5/c1-22(26-16-12-13-19-42-26)32(38)37-30(23-14-10-9-11-15-23)29(28(35(5,6)7)31(37)33(39)40)36-21-24-20-25(34(2,3)4)17-18-27(24)41-8/h9-11,14-15,17-18,20,22,26,28-31,36H,12-13,16,19,21H2,1-8H3,(H,39,40)/t22-,26-,28+,29+,30+,31+/m1/s1. The summed E-state index contributed by atoms with van der Waals surface area (Å²) in [6, 6.07) is 14.4. The average molecular weight is 579 g/mol. The summed E-state index contributed by atoms with van der Waals surface area (Å²) < 4.78 is 11.8. The minimum Gasteiger partial charge on any atom is -0.496 e. The van der Waals surface area contributed by atoms with Crippen LogP contribution in [0.4, 0.5) is 0 Å². The monoisotopic (exact) mass is 578 g/mol. The number of carboxylic acid groups (broad SMARTS) is 1. The predicted octanol–water partition coefficient (Wildman–Crippen LogP) is 6.36. The first-order chi connectivity index (χ1) is 19.8. The molecule has 0 saturated carbocycles. The van der Waals surface area contributed by atoms with Crippen molar-refractivity contribution in [2.45, 2.75) is 104 Å². The molecule has 0 spiro atoms. The van der Waals surface area contributed by atoms with Crippen molar-refractivity contribution in [2.24, 2.45) is 17.3 Å². The number of amides is 1. The minimum atomic E-state index is -0.992. The highest BCUT2D eigenvalue weighted by Gasteiger charge is 2.58. The number of carboxylic acids is 1. The summed E-state index contributed by atoms with van der Waals surface area (Å²) in [7, 11) is 1.67. The van der Waals surface area contributed by atoms with Crippen LogP contribution in [0.5, 0.6) is 5.75 Å². The molecule has 0 aliphatic carbocycles. The van der Waals surface area contributed by atoms with Gasteiger partial charge in [-0.05, 0) is 47.3 Å². The highest BCUT2D eigenvalue weighted by atomic mass is 16.5. The summed E-state index contributed by atoms with van der Waals surface area (Å²) in [5.74, 6) is -1.16. The second-order valence-electron chi connectivity index (χ2n) is 14.2. The van der Waals surface area contributed by atoms with Crippen LogP contribution in [0.25, 0.3) is 0 Å². The zero-order valence-corrected chi connectivity index (χ0v) is 26.6. The fourth-order valence-electron chi connectivity index (χ4n) is 6.89. The molecule has 2 aromatic rings. The SMILES string of the molecule is COc1ccc(C(C)(C)C)cc1CN[C@H]1[C@H](C(C)(C)C)[C@@H](C(=O)O)N(C(=O)[C@H](C)[C@H]2CCCCO2)[C@H]1c1ccccc1. The van der Waals surface area contributed by atoms with Crippen LogP contribution in [0.15, 0.2) is 48.5 Å². The Balaban J connectivity index is 1.80. The summed E-state index contributed by atoms with van der Waals surface area (Å²) >= 11 is 0. The number of hydrogen-bond donors (Lipinski definition) is 2. The Hall–Kier alpha value is -2.90. The zero-order valence-electron chi connectivity index (χ0n) is 26.6. The minimum absolute atomic E-state index is 0.0378. The Bertz CT molecular complexity index is 1230. The second-order valence-corrected chi connectivity index (χ2v) is 14.2. The molecule has 2 N–H and O–H groups in total. The van der Waals surface area contributed by atoms with E-state index in [1.165, 1.54) is 5.56 Å². The molecule has 2 aliphatic rings. The predicted molar refractivity (Wildman–Crippen MR) is 165 cm³/mol. The molecule has 0 radical (unpaired) electrons. The molecule has 1 amide bonds. The van der Waals surface area contributed by atoms with Gasteiger partial charge < -0.3 is 24.8 Å². The van der Waals surface area contributed by atoms with Crippen LogP contribution in [-0.2, 0) is 26.3 Å². The van der Waals surface area contributed by atoms with E-state index in [1.54, 1.807) is 12.0 Å². The average Bonchev–Trinajstić information content (AvgIpc) is 3.31. The molecular weight excluding hydrogens is 528 g/mol. The fraction of sp³-hybridized carbons (Fsp3) is 0.600. The van der Waals surface area contributed by atoms with Crippen LogP contribution in [0, 0.1) is 17.3 Å². The lowest BCUT2D eigenvalue weighted by molar-refractivity contribution is -0.157. The van der Waals surface area contributed by atoms with Gasteiger partial charge in [-0.3, -0.25) is 4.79 Å². The van der Waals surface area contributed by atoms with Gasteiger partial charge in [0, 0.05) is 30.7 Å². The van der Waals surface area contributed by atoms with Gasteiger partial charge in [-0.15, -0.1) is 0 Å². The van der Waals surface area contributed by atoms with Gasteiger partial charge in [0.25, 0.3) is 0 Å². The number of carbonyl (C=O) groups excluding carboxylic acids is 1. The quantitative estimate of drug-likeness (QED) is 0.379. The maximum atomic E-state index is 14.4. The largest absolute Gasteiger partial charge is 0.496 e. The molecule has 230 valence electrons. The van der Waals surface area contributed by atoms with Crippen LogP contribution >= 0.6 is 0 Å². The summed E-state index contributed by atoms with van der Waals surface area (Å²) in [5.41, 5.74) is 2.67. The third-order valence-corrected chi connectivity index (χ3v) is 9.15. The number of hydrogen-bond acceptors (Lipinski definition) is 5. The third kappa shape index (κ3) is 6.68. The summed E-state index contributed by atoms with van der Waals surface area (Å²) in [6.07, 6.45) is 2.60. The van der Waals surface area contributed by atoms with E-state index in [1.807, 2.05) is 43.3 Å². The Kier molecular flexibility index (Phi) is 9.73. The fourth-order valence-corrected chi connectivity index (χ4v) is 6.89. The van der Waals surface area contributed by atoms with Gasteiger partial charge in [0.15, 0.2) is 0 Å². The molecule has 0 unspecified atom stereocenters. The zero-order chi connectivity index (χ0) is 30.8. The van der Waals surface area contributed by atoms with Crippen LogP contribution in [0.2, 0.25) is 0 Å². The number of ether oxygens (including phenoxy) is 2. The van der Waals surface area contributed by atoms with Crippen molar-refractivity contribution >= 4 is 11.9 Å². The molecule has 0 bridgehead atoms. The van der Waals surface area contributed by atoms with Gasteiger partial charge >= 0.3 is 5.97 Å². The van der Waals surface area contributed by atoms with Crippen molar-refractivity contribution < 1.29 is 24.2 Å². The Morgan fingerprint density at radius 3 is 2.31 bits per heavy atom. The Morgan fingerprint density at radius 2 is 1.76 bits per heavy atom. The number of benzene rings is 2. The van der Waals surface area contributed by atoms with Crippen LogP contribution in [0.1, 0.15) is 90.5 Å². The van der Waals surface area contributed by atoms with Gasteiger partial charge in [0.1, 0.15) is 11.8 Å². The highest BCUT2D eigenvalue weighted by Crippen LogP contribution is 2.49. The van der Waals surface area contributed by atoms with Crippen molar-refractivity contribution in [1.82, 2.24) is 10.2 Å². The first kappa shape index (κ1) is 32.0. The van der Waals surface area contributed by atoms with Crippen LogP contribution < -0.4 is 10.1 Å². The normalized spacial score (nSPS) is 25.7. The molecular formula is C35H50N2O5. The first-order valence-corrected chi connectivity index (χ1v) is 15.4. The molecule has 4 rings (SSSR count). The van der Waals surface area contributed by atoms with E-state index in [0.29, 0.717) is 13.2 Å². The number of likely N-dealkylation sites (tertiary alicyclic amines) is 1. The summed E-state index contributed by atoms with van der Waals surface area (Å²) in [6.45, 7) is 15.8. The van der Waals surface area contributed by atoms with Gasteiger partial charge in [-0.1, -0.05) is 90.9 Å². The first-order valence-electron chi connectivity index (χ1n) is 15.4. The van der Waals surface area contributed by atoms with Crippen molar-refractivity contribution in [2.75, 3.05) is 13.7 Å². The van der Waals surface area contributed by atoms with E-state index in [2.05, 4.69) is 59.0 Å². The summed E-state index contributed by atoms with van der Waals surface area (Å²) in [4.78, 5) is 29.3. The molecule has 2 fully saturated rings. The maximum Gasteiger partial charge on any atom is 0.326 e. The molecule has 42 heavy (non-hydrogen) atoms. The van der Waals surface area contributed by atoms with E-state index in [0.717, 1.165) is 36.1 Å². The van der Waals surface area contributed by atoms with Crippen LogP contribution in [0.3, 0.4) is 0 Å². The van der Waals surface area contributed by atoms with Gasteiger partial charge in [0.2, 0.25) is 5.91 Å². The number of aliphatic carboxylic acids is 1. The molecule has 0 aromatic heterocycles. The summed E-state index contributed by atoms with van der Waals surface area (Å²) in [5, 5.41) is 14.5. The highest BCUT2D eigenvalue weighted by molar-refractivity contribution is 5.87. The van der Waals surface area contributed by atoms with Gasteiger partial charge in [-0.25, -0.2) is 4.79 Å². The van der Waals surface area contributed by atoms with Crippen LogP contribution in [-0.4, -0.2) is 53.8 Å². The molecule has 7 heteroatoms. The van der Waals surface area contributed by atoms with Crippen molar-refractivity contribution in [3.63, 3.8) is 0 Å². The Morgan fingerprint density at radius 1 is 1.07 bits per heavy atom. The number of carbonyl (C=O) groups is 2. The van der Waals surface area contributed by atoms with E-state index >= 15 is 0 Å². The molecule has 2 aromatic carbocycles. The Labute approximate surface area is 252 Å². The third-order valence-electron chi connectivity index (χ3n) is 9.15. The number of nitrogens with zero attached hydrogens (tertiary/aromatic N) is 1. The lowest BCUT2D eigenvalue weighted by Gasteiger charge is -2.36. The topological polar surface area (TPSA) is 88.1 Å². The molecule has 7 nitrogen and oxygen atoms in total. The van der Waals surface area contributed by atoms with Crippen molar-refractivity contribution in [3.8, 4) is 5.75 Å².